The second kappa shape index (κ2) is 6.82. The first-order valence-corrected chi connectivity index (χ1v) is 8.09. The van der Waals surface area contributed by atoms with Gasteiger partial charge in [-0.1, -0.05) is 48.5 Å². The van der Waals surface area contributed by atoms with Crippen LogP contribution in [0.4, 0.5) is 0 Å². The molecule has 2 nitrogen and oxygen atoms in total. The van der Waals surface area contributed by atoms with Gasteiger partial charge in [0.2, 0.25) is 0 Å². The van der Waals surface area contributed by atoms with Crippen LogP contribution in [0.1, 0.15) is 24.1 Å². The van der Waals surface area contributed by atoms with Crippen molar-refractivity contribution in [2.24, 2.45) is 0 Å². The van der Waals surface area contributed by atoms with Crippen molar-refractivity contribution in [2.45, 2.75) is 23.6 Å². The van der Waals surface area contributed by atoms with Crippen molar-refractivity contribution < 1.29 is 4.21 Å². The first-order chi connectivity index (χ1) is 9.59. The zero-order valence-electron chi connectivity index (χ0n) is 12.2. The molecule has 0 aliphatic rings. The lowest BCUT2D eigenvalue weighted by molar-refractivity contribution is 0.317. The summed E-state index contributed by atoms with van der Waals surface area (Å²) in [6.45, 7) is 2.14. The zero-order chi connectivity index (χ0) is 14.5. The van der Waals surface area contributed by atoms with Crippen molar-refractivity contribution in [1.82, 2.24) is 4.90 Å². The molecule has 0 heterocycles. The monoisotopic (exact) mass is 287 g/mol. The van der Waals surface area contributed by atoms with Gasteiger partial charge in [0.15, 0.2) is 0 Å². The number of benzene rings is 2. The second-order valence-corrected chi connectivity index (χ2v) is 6.57. The van der Waals surface area contributed by atoms with Crippen LogP contribution in [0.25, 0.3) is 0 Å². The SMILES string of the molecule is C[C@H](c1ccccc1[S@](=O)Cc1ccccc1)N(C)C. The molecule has 0 spiro atoms. The van der Waals surface area contributed by atoms with Crippen molar-refractivity contribution in [2.75, 3.05) is 14.1 Å². The molecule has 2 aromatic carbocycles. The molecular formula is C17H21NOS. The third-order valence-electron chi connectivity index (χ3n) is 3.53. The van der Waals surface area contributed by atoms with Crippen LogP contribution in [0, 0.1) is 0 Å². The Morgan fingerprint density at radius 3 is 2.25 bits per heavy atom. The number of nitrogens with zero attached hydrogens (tertiary/aromatic N) is 1. The predicted molar refractivity (Wildman–Crippen MR) is 85.1 cm³/mol. The molecule has 0 bridgehead atoms. The van der Waals surface area contributed by atoms with E-state index in [1.807, 2.05) is 62.6 Å². The van der Waals surface area contributed by atoms with Gasteiger partial charge in [-0.2, -0.15) is 0 Å². The van der Waals surface area contributed by atoms with E-state index in [1.54, 1.807) is 0 Å². The molecule has 0 fully saturated rings. The molecule has 0 saturated carbocycles. The van der Waals surface area contributed by atoms with Crippen LogP contribution in [0.15, 0.2) is 59.5 Å². The molecule has 20 heavy (non-hydrogen) atoms. The van der Waals surface area contributed by atoms with E-state index in [0.717, 1.165) is 16.0 Å². The summed E-state index contributed by atoms with van der Waals surface area (Å²) >= 11 is 0. The molecule has 0 aliphatic heterocycles. The molecule has 0 radical (unpaired) electrons. The lowest BCUT2D eigenvalue weighted by atomic mass is 10.1. The Labute approximate surface area is 123 Å². The highest BCUT2D eigenvalue weighted by Gasteiger charge is 2.16. The van der Waals surface area contributed by atoms with Gasteiger partial charge in [0, 0.05) is 10.9 Å². The topological polar surface area (TPSA) is 20.3 Å². The Morgan fingerprint density at radius 2 is 1.60 bits per heavy atom. The van der Waals surface area contributed by atoms with Crippen molar-refractivity contribution in [3.8, 4) is 0 Å². The van der Waals surface area contributed by atoms with Crippen LogP contribution in [0.5, 0.6) is 0 Å². The Balaban J connectivity index is 2.26. The summed E-state index contributed by atoms with van der Waals surface area (Å²) in [5.41, 5.74) is 2.25. The van der Waals surface area contributed by atoms with Crippen LogP contribution in [-0.4, -0.2) is 23.2 Å². The molecule has 0 aromatic heterocycles. The summed E-state index contributed by atoms with van der Waals surface area (Å²) in [6, 6.07) is 18.3. The fourth-order valence-electron chi connectivity index (χ4n) is 2.11. The van der Waals surface area contributed by atoms with Crippen LogP contribution in [0.3, 0.4) is 0 Å². The maximum atomic E-state index is 12.7. The van der Waals surface area contributed by atoms with E-state index < -0.39 is 10.8 Å². The summed E-state index contributed by atoms with van der Waals surface area (Å²) in [5, 5.41) is 0. The molecule has 2 rings (SSSR count). The van der Waals surface area contributed by atoms with E-state index >= 15 is 0 Å². The highest BCUT2D eigenvalue weighted by molar-refractivity contribution is 7.84. The fourth-order valence-corrected chi connectivity index (χ4v) is 3.50. The second-order valence-electron chi connectivity index (χ2n) is 5.15. The minimum Gasteiger partial charge on any atom is -0.303 e. The smallest absolute Gasteiger partial charge is 0.0577 e. The molecule has 0 saturated heterocycles. The number of rotatable bonds is 5. The highest BCUT2D eigenvalue weighted by atomic mass is 32.2. The van der Waals surface area contributed by atoms with Crippen LogP contribution < -0.4 is 0 Å². The molecule has 0 aliphatic carbocycles. The number of hydrogen-bond acceptors (Lipinski definition) is 2. The summed E-state index contributed by atoms with van der Waals surface area (Å²) in [5.74, 6) is 0.567. The molecule has 0 unspecified atom stereocenters. The molecule has 2 atom stereocenters. The average Bonchev–Trinajstić information content (AvgIpc) is 2.47. The van der Waals surface area contributed by atoms with Gasteiger partial charge in [-0.25, -0.2) is 0 Å². The van der Waals surface area contributed by atoms with E-state index in [2.05, 4.69) is 17.9 Å². The molecule has 106 valence electrons. The van der Waals surface area contributed by atoms with Gasteiger partial charge in [-0.3, -0.25) is 4.21 Å². The quantitative estimate of drug-likeness (QED) is 0.837. The van der Waals surface area contributed by atoms with Crippen molar-refractivity contribution >= 4 is 10.8 Å². The van der Waals surface area contributed by atoms with Gasteiger partial charge >= 0.3 is 0 Å². The molecular weight excluding hydrogens is 266 g/mol. The first-order valence-electron chi connectivity index (χ1n) is 6.77. The first kappa shape index (κ1) is 14.9. The molecule has 2 aromatic rings. The van der Waals surface area contributed by atoms with Crippen LogP contribution in [-0.2, 0) is 16.6 Å². The molecule has 0 amide bonds. The van der Waals surface area contributed by atoms with Gasteiger partial charge in [0.25, 0.3) is 0 Å². The van der Waals surface area contributed by atoms with Gasteiger partial charge in [0.05, 0.1) is 16.6 Å². The fraction of sp³-hybridized carbons (Fsp3) is 0.294. The molecule has 3 heteroatoms. The Bertz CT molecular complexity index is 581. The van der Waals surface area contributed by atoms with Crippen molar-refractivity contribution in [3.63, 3.8) is 0 Å². The van der Waals surface area contributed by atoms with Gasteiger partial charge in [-0.15, -0.1) is 0 Å². The lowest BCUT2D eigenvalue weighted by Crippen LogP contribution is -2.18. The van der Waals surface area contributed by atoms with E-state index in [-0.39, 0.29) is 6.04 Å². The van der Waals surface area contributed by atoms with Gasteiger partial charge in [-0.05, 0) is 38.2 Å². The van der Waals surface area contributed by atoms with Crippen LogP contribution >= 0.6 is 0 Å². The maximum Gasteiger partial charge on any atom is 0.0577 e. The van der Waals surface area contributed by atoms with Gasteiger partial charge < -0.3 is 4.90 Å². The molecule has 0 N–H and O–H groups in total. The minimum absolute atomic E-state index is 0.255. The normalized spacial score (nSPS) is 14.2. The Hall–Kier alpha value is -1.45. The van der Waals surface area contributed by atoms with Crippen molar-refractivity contribution in [3.05, 3.63) is 65.7 Å². The summed E-state index contributed by atoms with van der Waals surface area (Å²) in [7, 11) is 3.08. The highest BCUT2D eigenvalue weighted by Crippen LogP contribution is 2.25. The average molecular weight is 287 g/mol. The van der Waals surface area contributed by atoms with E-state index in [1.165, 1.54) is 0 Å². The van der Waals surface area contributed by atoms with Crippen LogP contribution in [0.2, 0.25) is 0 Å². The Morgan fingerprint density at radius 1 is 1.00 bits per heavy atom. The van der Waals surface area contributed by atoms with E-state index in [4.69, 9.17) is 0 Å². The Kier molecular flexibility index (Phi) is 5.10. The minimum atomic E-state index is -1.01. The van der Waals surface area contributed by atoms with E-state index in [0.29, 0.717) is 5.75 Å². The number of hydrogen-bond donors (Lipinski definition) is 0. The van der Waals surface area contributed by atoms with Gasteiger partial charge in [0.1, 0.15) is 0 Å². The maximum absolute atomic E-state index is 12.7. The lowest BCUT2D eigenvalue weighted by Gasteiger charge is -2.22. The third-order valence-corrected chi connectivity index (χ3v) is 4.99. The summed E-state index contributed by atoms with van der Waals surface area (Å²) in [4.78, 5) is 3.08. The zero-order valence-corrected chi connectivity index (χ0v) is 13.1. The summed E-state index contributed by atoms with van der Waals surface area (Å²) < 4.78 is 12.7. The largest absolute Gasteiger partial charge is 0.303 e. The van der Waals surface area contributed by atoms with E-state index in [9.17, 15) is 4.21 Å². The summed E-state index contributed by atoms with van der Waals surface area (Å²) in [6.07, 6.45) is 0. The third kappa shape index (κ3) is 3.56. The predicted octanol–water partition coefficient (Wildman–Crippen LogP) is 3.62. The standard InChI is InChI=1S/C17H21NOS/c1-14(18(2)3)16-11-7-8-12-17(16)20(19)13-15-9-5-4-6-10-15/h4-12,14H,13H2,1-3H3/t14-,20-/m1/s1. The van der Waals surface area contributed by atoms with Crippen molar-refractivity contribution in [1.29, 1.82) is 0 Å².